The molecular formula is C27H27NO3. The second kappa shape index (κ2) is 10.4. The van der Waals surface area contributed by atoms with Gasteiger partial charge >= 0.3 is 5.97 Å². The fourth-order valence-electron chi connectivity index (χ4n) is 3.20. The Morgan fingerprint density at radius 3 is 2.23 bits per heavy atom. The minimum absolute atomic E-state index is 0.166. The van der Waals surface area contributed by atoms with Crippen molar-refractivity contribution in [2.45, 2.75) is 26.8 Å². The molecule has 1 N–H and O–H groups in total. The molecule has 0 saturated heterocycles. The lowest BCUT2D eigenvalue weighted by molar-refractivity contribution is -0.134. The van der Waals surface area contributed by atoms with E-state index in [1.54, 1.807) is 12.1 Å². The monoisotopic (exact) mass is 413 g/mol. The first-order chi connectivity index (χ1) is 15.0. The normalized spacial score (nSPS) is 10.8. The number of carbonyl (C=O) groups excluding carboxylic acids is 2. The van der Waals surface area contributed by atoms with Crippen LogP contribution in [0.4, 0.5) is 0 Å². The summed E-state index contributed by atoms with van der Waals surface area (Å²) >= 11 is 0. The molecule has 0 radical (unpaired) electrons. The number of amides is 1. The number of aryl methyl sites for hydroxylation is 2. The molecule has 31 heavy (non-hydrogen) atoms. The number of nitrogens with one attached hydrogen (secondary N) is 1. The first-order valence-corrected chi connectivity index (χ1v) is 10.3. The van der Waals surface area contributed by atoms with Gasteiger partial charge in [-0.05, 0) is 65.4 Å². The van der Waals surface area contributed by atoms with Crippen LogP contribution in [0.3, 0.4) is 0 Å². The van der Waals surface area contributed by atoms with E-state index in [2.05, 4.69) is 41.2 Å². The second-order valence-electron chi connectivity index (χ2n) is 7.42. The van der Waals surface area contributed by atoms with Gasteiger partial charge in [-0.1, -0.05) is 61.0 Å². The number of benzene rings is 3. The molecule has 0 aliphatic carbocycles. The minimum Gasteiger partial charge on any atom is -0.466 e. The molecular weight excluding hydrogens is 386 g/mol. The predicted molar refractivity (Wildman–Crippen MR) is 125 cm³/mol. The van der Waals surface area contributed by atoms with E-state index in [0.29, 0.717) is 12.1 Å². The van der Waals surface area contributed by atoms with Crippen LogP contribution in [0, 0.1) is 6.92 Å². The number of methoxy groups -OCH3 is 1. The van der Waals surface area contributed by atoms with Crippen molar-refractivity contribution >= 4 is 18.0 Å². The molecule has 4 nitrogen and oxygen atoms in total. The summed E-state index contributed by atoms with van der Waals surface area (Å²) in [4.78, 5) is 24.4. The summed E-state index contributed by atoms with van der Waals surface area (Å²) in [5.41, 5.74) is 6.68. The standard InChI is InChI=1S/C27H27NO3/c1-4-20-9-12-23(13-10-20)24-15-22(11-14-26(29)31-3)16-25(17-24)27(30)28-18-21-7-5-19(2)6-8-21/h5-17H,4,18H2,1-3H3,(H,28,30)/b14-11+. The van der Waals surface area contributed by atoms with E-state index < -0.39 is 5.97 Å². The fourth-order valence-corrected chi connectivity index (χ4v) is 3.20. The summed E-state index contributed by atoms with van der Waals surface area (Å²) in [6.07, 6.45) is 3.98. The van der Waals surface area contributed by atoms with E-state index in [9.17, 15) is 9.59 Å². The van der Waals surface area contributed by atoms with E-state index in [1.165, 1.54) is 24.3 Å². The largest absolute Gasteiger partial charge is 0.466 e. The van der Waals surface area contributed by atoms with Crippen LogP contribution in [0.25, 0.3) is 17.2 Å². The molecule has 0 spiro atoms. The first-order valence-electron chi connectivity index (χ1n) is 10.3. The molecule has 158 valence electrons. The van der Waals surface area contributed by atoms with Gasteiger partial charge in [0.15, 0.2) is 0 Å². The van der Waals surface area contributed by atoms with Gasteiger partial charge in [0.05, 0.1) is 7.11 Å². The van der Waals surface area contributed by atoms with Gasteiger partial charge in [0.2, 0.25) is 0 Å². The van der Waals surface area contributed by atoms with Crippen molar-refractivity contribution in [1.29, 1.82) is 0 Å². The van der Waals surface area contributed by atoms with E-state index in [-0.39, 0.29) is 5.91 Å². The van der Waals surface area contributed by atoms with Crippen molar-refractivity contribution in [3.8, 4) is 11.1 Å². The van der Waals surface area contributed by atoms with Crippen LogP contribution in [0.2, 0.25) is 0 Å². The van der Waals surface area contributed by atoms with Gasteiger partial charge in [-0.2, -0.15) is 0 Å². The van der Waals surface area contributed by atoms with Gasteiger partial charge in [-0.25, -0.2) is 4.79 Å². The molecule has 0 unspecified atom stereocenters. The highest BCUT2D eigenvalue weighted by molar-refractivity contribution is 5.97. The summed E-state index contributed by atoms with van der Waals surface area (Å²) in [7, 11) is 1.34. The lowest BCUT2D eigenvalue weighted by atomic mass is 9.98. The molecule has 0 heterocycles. The van der Waals surface area contributed by atoms with Crippen LogP contribution in [-0.2, 0) is 22.5 Å². The quantitative estimate of drug-likeness (QED) is 0.420. The molecule has 0 aliphatic heterocycles. The Hall–Kier alpha value is -3.66. The highest BCUT2D eigenvalue weighted by atomic mass is 16.5. The number of carbonyl (C=O) groups is 2. The Kier molecular flexibility index (Phi) is 7.39. The summed E-state index contributed by atoms with van der Waals surface area (Å²) < 4.78 is 4.68. The molecule has 0 aliphatic rings. The van der Waals surface area contributed by atoms with E-state index in [0.717, 1.165) is 28.7 Å². The lowest BCUT2D eigenvalue weighted by Gasteiger charge is -2.10. The third-order valence-corrected chi connectivity index (χ3v) is 5.10. The van der Waals surface area contributed by atoms with Crippen LogP contribution in [0.1, 0.15) is 39.5 Å². The highest BCUT2D eigenvalue weighted by Gasteiger charge is 2.10. The van der Waals surface area contributed by atoms with Crippen LogP contribution in [-0.4, -0.2) is 19.0 Å². The van der Waals surface area contributed by atoms with Crippen molar-refractivity contribution in [1.82, 2.24) is 5.32 Å². The van der Waals surface area contributed by atoms with Crippen molar-refractivity contribution < 1.29 is 14.3 Å². The maximum Gasteiger partial charge on any atom is 0.330 e. The highest BCUT2D eigenvalue weighted by Crippen LogP contribution is 2.24. The topological polar surface area (TPSA) is 55.4 Å². The third kappa shape index (κ3) is 6.16. The molecule has 0 aromatic heterocycles. The maximum atomic E-state index is 12.9. The zero-order valence-corrected chi connectivity index (χ0v) is 18.1. The summed E-state index contributed by atoms with van der Waals surface area (Å²) in [5.74, 6) is -0.608. The Labute approximate surface area is 183 Å². The van der Waals surface area contributed by atoms with Crippen LogP contribution < -0.4 is 5.32 Å². The zero-order chi connectivity index (χ0) is 22.2. The van der Waals surface area contributed by atoms with Gasteiger partial charge in [0.1, 0.15) is 0 Å². The number of hydrogen-bond acceptors (Lipinski definition) is 3. The molecule has 0 bridgehead atoms. The minimum atomic E-state index is -0.442. The summed E-state index contributed by atoms with van der Waals surface area (Å²) in [6, 6.07) is 21.9. The SMILES string of the molecule is CCc1ccc(-c2cc(/C=C/C(=O)OC)cc(C(=O)NCc3ccc(C)cc3)c2)cc1. The third-order valence-electron chi connectivity index (χ3n) is 5.10. The van der Waals surface area contributed by atoms with Crippen LogP contribution in [0.5, 0.6) is 0 Å². The van der Waals surface area contributed by atoms with E-state index >= 15 is 0 Å². The van der Waals surface area contributed by atoms with Crippen molar-refractivity contribution in [2.75, 3.05) is 7.11 Å². The number of rotatable bonds is 7. The second-order valence-corrected chi connectivity index (χ2v) is 7.42. The average molecular weight is 414 g/mol. The molecule has 3 aromatic carbocycles. The molecule has 0 fully saturated rings. The van der Waals surface area contributed by atoms with Gasteiger partial charge in [-0.3, -0.25) is 4.79 Å². The molecule has 4 heteroatoms. The Bertz CT molecular complexity index is 1080. The summed E-state index contributed by atoms with van der Waals surface area (Å²) in [6.45, 7) is 4.59. The van der Waals surface area contributed by atoms with E-state index in [4.69, 9.17) is 0 Å². The molecule has 1 amide bonds. The van der Waals surface area contributed by atoms with Crippen molar-refractivity contribution in [2.24, 2.45) is 0 Å². The fraction of sp³-hybridized carbons (Fsp3) is 0.185. The molecule has 3 aromatic rings. The van der Waals surface area contributed by atoms with Crippen molar-refractivity contribution in [3.05, 3.63) is 101 Å². The Balaban J connectivity index is 1.89. The average Bonchev–Trinajstić information content (AvgIpc) is 2.81. The predicted octanol–water partition coefficient (Wildman–Crippen LogP) is 5.34. The van der Waals surface area contributed by atoms with Crippen molar-refractivity contribution in [3.63, 3.8) is 0 Å². The zero-order valence-electron chi connectivity index (χ0n) is 18.1. The van der Waals surface area contributed by atoms with Gasteiger partial charge in [0.25, 0.3) is 5.91 Å². The Morgan fingerprint density at radius 2 is 1.58 bits per heavy atom. The molecule has 3 rings (SSSR count). The number of ether oxygens (including phenoxy) is 1. The number of esters is 1. The first kappa shape index (κ1) is 22.0. The van der Waals surface area contributed by atoms with E-state index in [1.807, 2.05) is 43.3 Å². The molecule has 0 atom stereocenters. The van der Waals surface area contributed by atoms with Gasteiger partial charge in [0, 0.05) is 18.2 Å². The molecule has 0 saturated carbocycles. The summed E-state index contributed by atoms with van der Waals surface area (Å²) in [5, 5.41) is 2.98. The van der Waals surface area contributed by atoms with Gasteiger partial charge < -0.3 is 10.1 Å². The van der Waals surface area contributed by atoms with Gasteiger partial charge in [-0.15, -0.1) is 0 Å². The smallest absolute Gasteiger partial charge is 0.330 e. The maximum absolute atomic E-state index is 12.9. The lowest BCUT2D eigenvalue weighted by Crippen LogP contribution is -2.22. The Morgan fingerprint density at radius 1 is 0.903 bits per heavy atom. The van der Waals surface area contributed by atoms with Crippen LogP contribution >= 0.6 is 0 Å². The van der Waals surface area contributed by atoms with Crippen LogP contribution in [0.15, 0.2) is 72.8 Å². The number of hydrogen-bond donors (Lipinski definition) is 1.